The first kappa shape index (κ1) is 14.9. The SMILES string of the molecule is CSCC(C)CN1CC(C)NCC1c1ccccc1. The van der Waals surface area contributed by atoms with Gasteiger partial charge in [0.15, 0.2) is 0 Å². The summed E-state index contributed by atoms with van der Waals surface area (Å²) in [4.78, 5) is 2.66. The molecule has 1 aromatic carbocycles. The van der Waals surface area contributed by atoms with Crippen molar-refractivity contribution in [3.63, 3.8) is 0 Å². The summed E-state index contributed by atoms with van der Waals surface area (Å²) in [5.41, 5.74) is 1.44. The molecule has 1 saturated heterocycles. The third-order valence-electron chi connectivity index (χ3n) is 3.79. The Hall–Kier alpha value is -0.510. The maximum absolute atomic E-state index is 3.62. The van der Waals surface area contributed by atoms with Crippen molar-refractivity contribution < 1.29 is 0 Å². The van der Waals surface area contributed by atoms with E-state index in [2.05, 4.69) is 60.7 Å². The smallest absolute Gasteiger partial charge is 0.0473 e. The zero-order valence-corrected chi connectivity index (χ0v) is 13.1. The molecule has 3 heteroatoms. The van der Waals surface area contributed by atoms with E-state index in [1.165, 1.54) is 17.9 Å². The molecule has 0 amide bonds. The van der Waals surface area contributed by atoms with E-state index in [1.54, 1.807) is 0 Å². The molecule has 0 bridgehead atoms. The molecule has 0 aliphatic carbocycles. The van der Waals surface area contributed by atoms with Gasteiger partial charge in [0.05, 0.1) is 0 Å². The third kappa shape index (κ3) is 4.23. The number of nitrogens with zero attached hydrogens (tertiary/aromatic N) is 1. The first-order chi connectivity index (χ1) is 9.20. The molecule has 2 rings (SSSR count). The topological polar surface area (TPSA) is 15.3 Å². The lowest BCUT2D eigenvalue weighted by Gasteiger charge is -2.41. The average molecular weight is 278 g/mol. The lowest BCUT2D eigenvalue weighted by atomic mass is 10.00. The van der Waals surface area contributed by atoms with Crippen LogP contribution in [0, 0.1) is 5.92 Å². The van der Waals surface area contributed by atoms with Gasteiger partial charge >= 0.3 is 0 Å². The lowest BCUT2D eigenvalue weighted by molar-refractivity contribution is 0.121. The summed E-state index contributed by atoms with van der Waals surface area (Å²) in [6, 6.07) is 12.0. The van der Waals surface area contributed by atoms with Gasteiger partial charge in [-0.3, -0.25) is 4.90 Å². The van der Waals surface area contributed by atoms with Crippen LogP contribution in [0.2, 0.25) is 0 Å². The highest BCUT2D eigenvalue weighted by Gasteiger charge is 2.27. The van der Waals surface area contributed by atoms with E-state index in [4.69, 9.17) is 0 Å². The summed E-state index contributed by atoms with van der Waals surface area (Å²) in [6.07, 6.45) is 2.20. The summed E-state index contributed by atoms with van der Waals surface area (Å²) in [7, 11) is 0. The van der Waals surface area contributed by atoms with Gasteiger partial charge in [0.25, 0.3) is 0 Å². The van der Waals surface area contributed by atoms with Crippen LogP contribution in [-0.2, 0) is 0 Å². The van der Waals surface area contributed by atoms with Gasteiger partial charge in [-0.2, -0.15) is 11.8 Å². The van der Waals surface area contributed by atoms with E-state index in [0.717, 1.165) is 19.0 Å². The maximum atomic E-state index is 3.62. The molecule has 2 nitrogen and oxygen atoms in total. The van der Waals surface area contributed by atoms with Crippen LogP contribution in [0.1, 0.15) is 25.5 Å². The first-order valence-electron chi connectivity index (χ1n) is 7.22. The fourth-order valence-corrected chi connectivity index (χ4v) is 3.60. The van der Waals surface area contributed by atoms with E-state index in [1.807, 2.05) is 11.8 Å². The molecular weight excluding hydrogens is 252 g/mol. The molecule has 0 saturated carbocycles. The first-order valence-corrected chi connectivity index (χ1v) is 8.61. The minimum atomic E-state index is 0.529. The van der Waals surface area contributed by atoms with Crippen LogP contribution < -0.4 is 5.32 Å². The Balaban J connectivity index is 2.06. The molecule has 19 heavy (non-hydrogen) atoms. The monoisotopic (exact) mass is 278 g/mol. The molecule has 0 spiro atoms. The van der Waals surface area contributed by atoms with E-state index in [9.17, 15) is 0 Å². The Bertz CT molecular complexity index is 368. The van der Waals surface area contributed by atoms with Crippen LogP contribution in [0.3, 0.4) is 0 Å². The van der Waals surface area contributed by atoms with Crippen LogP contribution in [0.25, 0.3) is 0 Å². The van der Waals surface area contributed by atoms with Crippen molar-refractivity contribution in [1.82, 2.24) is 10.2 Å². The van der Waals surface area contributed by atoms with Crippen molar-refractivity contribution in [1.29, 1.82) is 0 Å². The van der Waals surface area contributed by atoms with Crippen LogP contribution in [0.5, 0.6) is 0 Å². The van der Waals surface area contributed by atoms with Gasteiger partial charge in [0.2, 0.25) is 0 Å². The molecular formula is C16H26N2S. The van der Waals surface area contributed by atoms with Crippen LogP contribution in [-0.4, -0.2) is 42.6 Å². The van der Waals surface area contributed by atoms with Gasteiger partial charge in [-0.05, 0) is 30.4 Å². The molecule has 3 atom stereocenters. The molecule has 1 heterocycles. The number of rotatable bonds is 5. The van der Waals surface area contributed by atoms with Gasteiger partial charge < -0.3 is 5.32 Å². The Kier molecular flexibility index (Phi) is 5.74. The zero-order valence-electron chi connectivity index (χ0n) is 12.3. The Morgan fingerprint density at radius 2 is 2.11 bits per heavy atom. The van der Waals surface area contributed by atoms with Gasteiger partial charge in [-0.25, -0.2) is 0 Å². The summed E-state index contributed by atoms with van der Waals surface area (Å²) >= 11 is 1.95. The molecule has 1 aliphatic rings. The molecule has 106 valence electrons. The minimum absolute atomic E-state index is 0.529. The normalized spacial score (nSPS) is 26.3. The van der Waals surface area contributed by atoms with Gasteiger partial charge in [-0.1, -0.05) is 37.3 Å². The second-order valence-electron chi connectivity index (χ2n) is 5.75. The van der Waals surface area contributed by atoms with Crippen molar-refractivity contribution in [3.05, 3.63) is 35.9 Å². The maximum Gasteiger partial charge on any atom is 0.0473 e. The molecule has 1 fully saturated rings. The Morgan fingerprint density at radius 1 is 1.37 bits per heavy atom. The molecule has 0 radical (unpaired) electrons. The summed E-state index contributed by atoms with van der Waals surface area (Å²) in [5, 5.41) is 3.62. The fraction of sp³-hybridized carbons (Fsp3) is 0.625. The lowest BCUT2D eigenvalue weighted by Crippen LogP contribution is -2.52. The van der Waals surface area contributed by atoms with E-state index in [-0.39, 0.29) is 0 Å². The average Bonchev–Trinajstić information content (AvgIpc) is 2.40. The number of piperazine rings is 1. The van der Waals surface area contributed by atoms with E-state index < -0.39 is 0 Å². The van der Waals surface area contributed by atoms with Crippen molar-refractivity contribution in [2.45, 2.75) is 25.9 Å². The minimum Gasteiger partial charge on any atom is -0.311 e. The highest BCUT2D eigenvalue weighted by atomic mass is 32.2. The number of benzene rings is 1. The van der Waals surface area contributed by atoms with Crippen molar-refractivity contribution in [3.8, 4) is 0 Å². The second kappa shape index (κ2) is 7.32. The summed E-state index contributed by atoms with van der Waals surface area (Å²) < 4.78 is 0. The van der Waals surface area contributed by atoms with E-state index in [0.29, 0.717) is 12.1 Å². The molecule has 0 aromatic heterocycles. The van der Waals surface area contributed by atoms with Crippen molar-refractivity contribution in [2.24, 2.45) is 5.92 Å². The van der Waals surface area contributed by atoms with E-state index >= 15 is 0 Å². The largest absolute Gasteiger partial charge is 0.311 e. The fourth-order valence-electron chi connectivity index (χ4n) is 2.93. The quantitative estimate of drug-likeness (QED) is 0.891. The van der Waals surface area contributed by atoms with Crippen LogP contribution in [0.15, 0.2) is 30.3 Å². The number of thioether (sulfide) groups is 1. The Morgan fingerprint density at radius 3 is 2.79 bits per heavy atom. The predicted molar refractivity (Wildman–Crippen MR) is 85.8 cm³/mol. The number of nitrogens with one attached hydrogen (secondary N) is 1. The third-order valence-corrected chi connectivity index (χ3v) is 4.69. The van der Waals surface area contributed by atoms with Crippen LogP contribution >= 0.6 is 11.8 Å². The van der Waals surface area contributed by atoms with Crippen LogP contribution in [0.4, 0.5) is 0 Å². The molecule has 3 unspecified atom stereocenters. The van der Waals surface area contributed by atoms with Gasteiger partial charge in [0, 0.05) is 31.7 Å². The van der Waals surface area contributed by atoms with Crippen molar-refractivity contribution >= 4 is 11.8 Å². The standard InChI is InChI=1S/C16H26N2S/c1-13(12-19-3)10-18-11-14(2)17-9-16(18)15-7-5-4-6-8-15/h4-8,13-14,16-17H,9-12H2,1-3H3. The van der Waals surface area contributed by atoms with Gasteiger partial charge in [-0.15, -0.1) is 0 Å². The summed E-state index contributed by atoms with van der Waals surface area (Å²) in [5.74, 6) is 2.01. The summed E-state index contributed by atoms with van der Waals surface area (Å²) in [6.45, 7) is 8.07. The number of hydrogen-bond donors (Lipinski definition) is 1. The highest BCUT2D eigenvalue weighted by molar-refractivity contribution is 7.98. The molecule has 1 aromatic rings. The van der Waals surface area contributed by atoms with Crippen molar-refractivity contribution in [2.75, 3.05) is 31.6 Å². The highest BCUT2D eigenvalue weighted by Crippen LogP contribution is 2.25. The second-order valence-corrected chi connectivity index (χ2v) is 6.66. The number of hydrogen-bond acceptors (Lipinski definition) is 3. The van der Waals surface area contributed by atoms with Gasteiger partial charge in [0.1, 0.15) is 0 Å². The Labute approximate surface area is 122 Å². The molecule has 1 aliphatic heterocycles. The molecule has 1 N–H and O–H groups in total. The predicted octanol–water partition coefficient (Wildman–Crippen LogP) is 3.02. The zero-order chi connectivity index (χ0) is 13.7.